The fourth-order valence-electron chi connectivity index (χ4n) is 5.16. The molecule has 236 valence electrons. The van der Waals surface area contributed by atoms with E-state index in [1.807, 2.05) is 49.4 Å². The number of aryl methyl sites for hydroxylation is 1. The zero-order valence-corrected chi connectivity index (χ0v) is 25.9. The van der Waals surface area contributed by atoms with E-state index >= 15 is 0 Å². The van der Waals surface area contributed by atoms with E-state index in [1.54, 1.807) is 6.92 Å². The first kappa shape index (κ1) is 32.7. The van der Waals surface area contributed by atoms with Gasteiger partial charge in [-0.3, -0.25) is 9.59 Å². The van der Waals surface area contributed by atoms with Gasteiger partial charge in [0.2, 0.25) is 6.79 Å². The number of esters is 2. The predicted octanol–water partition coefficient (Wildman–Crippen LogP) is 7.48. The molecule has 0 spiro atoms. The smallest absolute Gasteiger partial charge is 0.306 e. The Hall–Kier alpha value is -4.20. The fourth-order valence-corrected chi connectivity index (χ4v) is 5.16. The quantitative estimate of drug-likeness (QED) is 0.103. The van der Waals surface area contributed by atoms with Crippen molar-refractivity contribution < 1.29 is 38.0 Å². The first-order valence-corrected chi connectivity index (χ1v) is 15.7. The summed E-state index contributed by atoms with van der Waals surface area (Å²) in [7, 11) is 0. The highest BCUT2D eigenvalue weighted by Gasteiger charge is 2.15. The molecule has 44 heavy (non-hydrogen) atoms. The van der Waals surface area contributed by atoms with Gasteiger partial charge < -0.3 is 28.4 Å². The van der Waals surface area contributed by atoms with Crippen LogP contribution in [0.2, 0.25) is 0 Å². The van der Waals surface area contributed by atoms with Crippen LogP contribution in [0, 0.1) is 0 Å². The van der Waals surface area contributed by atoms with Crippen molar-refractivity contribution in [2.24, 2.45) is 0 Å². The van der Waals surface area contributed by atoms with Gasteiger partial charge in [-0.05, 0) is 98.5 Å². The monoisotopic (exact) mass is 604 g/mol. The molecule has 0 aromatic heterocycles. The maximum atomic E-state index is 12.1. The molecule has 3 aromatic carbocycles. The number of benzene rings is 3. The van der Waals surface area contributed by atoms with Crippen LogP contribution in [-0.2, 0) is 31.9 Å². The molecule has 0 bridgehead atoms. The van der Waals surface area contributed by atoms with Gasteiger partial charge in [0.1, 0.15) is 11.5 Å². The third kappa shape index (κ3) is 10.2. The molecule has 0 atom stereocenters. The Morgan fingerprint density at radius 2 is 1.41 bits per heavy atom. The Balaban J connectivity index is 1.22. The van der Waals surface area contributed by atoms with Crippen LogP contribution in [0.15, 0.2) is 60.7 Å². The standard InChI is InChI=1S/C36H44O8/c1-3-39-35(37)17-11-23-42-32-16-10-13-27(31(32)19-21-36(38)40-4-2)12-7-5-6-8-22-41-30-15-9-14-28(24-30)29-18-20-33-34(25-29)44-26-43-33/h9-10,13-16,18,20,24-25H,3-8,11-12,17,19,21-23,26H2,1-2H3. The van der Waals surface area contributed by atoms with Crippen molar-refractivity contribution in [1.82, 2.24) is 0 Å². The molecule has 8 nitrogen and oxygen atoms in total. The number of ether oxygens (including phenoxy) is 6. The maximum Gasteiger partial charge on any atom is 0.306 e. The molecular formula is C36H44O8. The van der Waals surface area contributed by atoms with Crippen LogP contribution >= 0.6 is 0 Å². The summed E-state index contributed by atoms with van der Waals surface area (Å²) >= 11 is 0. The highest BCUT2D eigenvalue weighted by molar-refractivity contribution is 5.70. The maximum absolute atomic E-state index is 12.1. The highest BCUT2D eigenvalue weighted by Crippen LogP contribution is 2.36. The molecule has 0 unspecified atom stereocenters. The van der Waals surface area contributed by atoms with Crippen molar-refractivity contribution in [3.8, 4) is 34.1 Å². The minimum atomic E-state index is -0.215. The number of rotatable bonds is 19. The number of carbonyl (C=O) groups is 2. The zero-order chi connectivity index (χ0) is 31.0. The molecule has 3 aromatic rings. The Labute approximate surface area is 260 Å². The highest BCUT2D eigenvalue weighted by atomic mass is 16.7. The van der Waals surface area contributed by atoms with Crippen LogP contribution in [0.25, 0.3) is 11.1 Å². The molecule has 4 rings (SSSR count). The molecule has 1 heterocycles. The summed E-state index contributed by atoms with van der Waals surface area (Å²) in [6, 6.07) is 20.1. The van der Waals surface area contributed by atoms with Gasteiger partial charge in [0.15, 0.2) is 11.5 Å². The Morgan fingerprint density at radius 1 is 0.682 bits per heavy atom. The summed E-state index contributed by atoms with van der Waals surface area (Å²) in [5.74, 6) is 2.74. The molecular weight excluding hydrogens is 560 g/mol. The van der Waals surface area contributed by atoms with Crippen molar-refractivity contribution in [2.75, 3.05) is 33.2 Å². The van der Waals surface area contributed by atoms with Crippen LogP contribution in [-0.4, -0.2) is 45.2 Å². The van der Waals surface area contributed by atoms with E-state index in [0.29, 0.717) is 52.1 Å². The SMILES string of the molecule is CCOC(=O)CCCOc1cccc(CCCCCCOc2cccc(-c3ccc4c(c3)OCO4)c2)c1CCC(=O)OCC. The number of unbranched alkanes of at least 4 members (excludes halogenated alkanes) is 3. The molecule has 0 saturated heterocycles. The Bertz CT molecular complexity index is 1350. The van der Waals surface area contributed by atoms with Crippen molar-refractivity contribution in [3.05, 3.63) is 71.8 Å². The average Bonchev–Trinajstić information content (AvgIpc) is 3.51. The first-order valence-electron chi connectivity index (χ1n) is 15.7. The second kappa shape index (κ2) is 17.8. The van der Waals surface area contributed by atoms with Crippen molar-refractivity contribution in [3.63, 3.8) is 0 Å². The lowest BCUT2D eigenvalue weighted by Crippen LogP contribution is -2.10. The fraction of sp³-hybridized carbons (Fsp3) is 0.444. The van der Waals surface area contributed by atoms with Gasteiger partial charge in [-0.15, -0.1) is 0 Å². The van der Waals surface area contributed by atoms with Crippen molar-refractivity contribution >= 4 is 11.9 Å². The second-order valence-corrected chi connectivity index (χ2v) is 10.6. The van der Waals surface area contributed by atoms with E-state index < -0.39 is 0 Å². The van der Waals surface area contributed by atoms with E-state index in [9.17, 15) is 9.59 Å². The Kier molecular flexibility index (Phi) is 13.2. The van der Waals surface area contributed by atoms with Gasteiger partial charge in [0.25, 0.3) is 0 Å². The second-order valence-electron chi connectivity index (χ2n) is 10.6. The van der Waals surface area contributed by atoms with Gasteiger partial charge in [0, 0.05) is 12.8 Å². The number of carbonyl (C=O) groups excluding carboxylic acids is 2. The molecule has 0 amide bonds. The molecule has 0 N–H and O–H groups in total. The van der Waals surface area contributed by atoms with Crippen molar-refractivity contribution in [2.45, 2.75) is 71.6 Å². The Morgan fingerprint density at radius 3 is 2.25 bits per heavy atom. The topological polar surface area (TPSA) is 89.5 Å². The van der Waals surface area contributed by atoms with E-state index in [-0.39, 0.29) is 18.7 Å². The molecule has 1 aliphatic heterocycles. The molecule has 1 aliphatic rings. The lowest BCUT2D eigenvalue weighted by atomic mass is 9.96. The summed E-state index contributed by atoms with van der Waals surface area (Å²) < 4.78 is 33.2. The van der Waals surface area contributed by atoms with Gasteiger partial charge in [0.05, 0.1) is 26.4 Å². The third-order valence-electron chi connectivity index (χ3n) is 7.35. The van der Waals surface area contributed by atoms with Crippen LogP contribution in [0.5, 0.6) is 23.0 Å². The number of hydrogen-bond donors (Lipinski definition) is 0. The van der Waals surface area contributed by atoms with Gasteiger partial charge >= 0.3 is 11.9 Å². The predicted molar refractivity (Wildman–Crippen MR) is 168 cm³/mol. The number of hydrogen-bond acceptors (Lipinski definition) is 8. The summed E-state index contributed by atoms with van der Waals surface area (Å²) in [6.45, 7) is 5.69. The summed E-state index contributed by atoms with van der Waals surface area (Å²) in [5, 5.41) is 0. The molecule has 0 fully saturated rings. The first-order chi connectivity index (χ1) is 21.6. The van der Waals surface area contributed by atoms with Crippen LogP contribution in [0.3, 0.4) is 0 Å². The summed E-state index contributed by atoms with van der Waals surface area (Å²) in [6.07, 6.45) is 6.78. The average molecular weight is 605 g/mol. The van der Waals surface area contributed by atoms with E-state index in [4.69, 9.17) is 28.4 Å². The lowest BCUT2D eigenvalue weighted by Gasteiger charge is -2.16. The van der Waals surface area contributed by atoms with Crippen molar-refractivity contribution in [1.29, 1.82) is 0 Å². The largest absolute Gasteiger partial charge is 0.494 e. The van der Waals surface area contributed by atoms with Crippen LogP contribution in [0.1, 0.15) is 69.9 Å². The van der Waals surface area contributed by atoms with Gasteiger partial charge in [-0.2, -0.15) is 0 Å². The molecule has 8 heteroatoms. The van der Waals surface area contributed by atoms with E-state index in [0.717, 1.165) is 71.8 Å². The zero-order valence-electron chi connectivity index (χ0n) is 25.9. The van der Waals surface area contributed by atoms with E-state index in [2.05, 4.69) is 18.2 Å². The number of fused-ring (bicyclic) bond motifs is 1. The third-order valence-corrected chi connectivity index (χ3v) is 7.35. The normalized spacial score (nSPS) is 11.7. The molecule has 0 radical (unpaired) electrons. The molecule has 0 aliphatic carbocycles. The lowest BCUT2D eigenvalue weighted by molar-refractivity contribution is -0.144. The van der Waals surface area contributed by atoms with Gasteiger partial charge in [-0.25, -0.2) is 0 Å². The van der Waals surface area contributed by atoms with Crippen LogP contribution in [0.4, 0.5) is 0 Å². The summed E-state index contributed by atoms with van der Waals surface area (Å²) in [4.78, 5) is 23.7. The van der Waals surface area contributed by atoms with E-state index in [1.165, 1.54) is 5.56 Å². The molecule has 0 saturated carbocycles. The van der Waals surface area contributed by atoms with Gasteiger partial charge in [-0.1, -0.05) is 43.2 Å². The minimum Gasteiger partial charge on any atom is -0.494 e. The summed E-state index contributed by atoms with van der Waals surface area (Å²) in [5.41, 5.74) is 4.37. The van der Waals surface area contributed by atoms with Crippen LogP contribution < -0.4 is 18.9 Å². The minimum absolute atomic E-state index is 0.211.